The second-order valence-corrected chi connectivity index (χ2v) is 10.3. The van der Waals surface area contributed by atoms with E-state index in [9.17, 15) is 13.2 Å². The second-order valence-electron chi connectivity index (χ2n) is 7.71. The molecule has 1 unspecified atom stereocenters. The number of hydrogen-bond acceptors (Lipinski definition) is 5. The smallest absolute Gasteiger partial charge is 0.265 e. The lowest BCUT2D eigenvalue weighted by Gasteiger charge is -2.18. The Morgan fingerprint density at radius 1 is 0.971 bits per heavy atom. The van der Waals surface area contributed by atoms with Gasteiger partial charge in [-0.15, -0.1) is 0 Å². The van der Waals surface area contributed by atoms with Gasteiger partial charge in [-0.25, -0.2) is 8.42 Å². The van der Waals surface area contributed by atoms with Gasteiger partial charge < -0.3 is 14.8 Å². The molecule has 3 rings (SSSR count). The van der Waals surface area contributed by atoms with Crippen LogP contribution in [0.4, 0.5) is 11.4 Å². The lowest BCUT2D eigenvalue weighted by atomic mass is 10.1. The highest BCUT2D eigenvalue weighted by Crippen LogP contribution is 2.28. The van der Waals surface area contributed by atoms with E-state index in [1.807, 2.05) is 32.9 Å². The molecule has 2 N–H and O–H groups in total. The van der Waals surface area contributed by atoms with Gasteiger partial charge in [0.05, 0.1) is 11.5 Å². The first-order valence-corrected chi connectivity index (χ1v) is 13.0. The Morgan fingerprint density at radius 3 is 2.09 bits per heavy atom. The summed E-state index contributed by atoms with van der Waals surface area (Å²) in [4.78, 5) is 12.7. The van der Waals surface area contributed by atoms with Crippen molar-refractivity contribution in [1.29, 1.82) is 0 Å². The highest BCUT2D eigenvalue weighted by Gasteiger charge is 2.19. The van der Waals surface area contributed by atoms with Gasteiger partial charge in [-0.2, -0.15) is 0 Å². The molecule has 9 heteroatoms. The minimum absolute atomic E-state index is 0.0739. The summed E-state index contributed by atoms with van der Waals surface area (Å²) in [6.07, 6.45) is -0.747. The van der Waals surface area contributed by atoms with Crippen LogP contribution in [0.3, 0.4) is 0 Å². The van der Waals surface area contributed by atoms with Gasteiger partial charge in [-0.05, 0) is 99.5 Å². The Kier molecular flexibility index (Phi) is 8.22. The average Bonchev–Trinajstić information content (AvgIpc) is 2.77. The van der Waals surface area contributed by atoms with Gasteiger partial charge in [-0.1, -0.05) is 15.9 Å². The summed E-state index contributed by atoms with van der Waals surface area (Å²) in [6, 6.07) is 16.4. The number of hydrogen-bond donors (Lipinski definition) is 2. The topological polar surface area (TPSA) is 93.7 Å². The van der Waals surface area contributed by atoms with Crippen molar-refractivity contribution < 1.29 is 22.7 Å². The van der Waals surface area contributed by atoms with Crippen LogP contribution in [0.5, 0.6) is 11.5 Å². The maximum absolute atomic E-state index is 12.7. The van der Waals surface area contributed by atoms with Crippen molar-refractivity contribution in [2.45, 2.75) is 38.7 Å². The first-order valence-electron chi connectivity index (χ1n) is 10.7. The Balaban J connectivity index is 1.63. The zero-order valence-corrected chi connectivity index (χ0v) is 21.8. The average molecular weight is 547 g/mol. The highest BCUT2D eigenvalue weighted by molar-refractivity contribution is 9.10. The maximum atomic E-state index is 12.7. The number of rotatable bonds is 9. The first-order chi connectivity index (χ1) is 16.1. The molecule has 34 heavy (non-hydrogen) atoms. The lowest BCUT2D eigenvalue weighted by Crippen LogP contribution is -2.30. The predicted molar refractivity (Wildman–Crippen MR) is 137 cm³/mol. The standard InChI is InChI=1S/C25H27BrN2O5S/c1-5-32-22-10-6-21(7-11-22)28-34(30,31)23-12-8-20(9-13-23)27-25(29)18(4)33-24-16(2)14-19(26)15-17(24)3/h6-15,18,28H,5H2,1-4H3,(H,27,29). The van der Waals surface area contributed by atoms with Crippen LogP contribution < -0.4 is 19.5 Å². The third-order valence-electron chi connectivity index (χ3n) is 4.94. The van der Waals surface area contributed by atoms with Crippen LogP contribution in [-0.2, 0) is 14.8 Å². The Labute approximate surface area is 208 Å². The SMILES string of the molecule is CCOc1ccc(NS(=O)(=O)c2ccc(NC(=O)C(C)Oc3c(C)cc(Br)cc3C)cc2)cc1. The molecule has 0 radical (unpaired) electrons. The third-order valence-corrected chi connectivity index (χ3v) is 6.79. The number of halogens is 1. The minimum Gasteiger partial charge on any atom is -0.494 e. The van der Waals surface area contributed by atoms with Crippen molar-refractivity contribution in [3.8, 4) is 11.5 Å². The summed E-state index contributed by atoms with van der Waals surface area (Å²) in [7, 11) is -3.79. The number of carbonyl (C=O) groups excluding carboxylic acids is 1. The van der Waals surface area contributed by atoms with Crippen LogP contribution in [0.15, 0.2) is 70.0 Å². The molecule has 0 bridgehead atoms. The van der Waals surface area contributed by atoms with E-state index >= 15 is 0 Å². The summed E-state index contributed by atoms with van der Waals surface area (Å²) < 4.78 is 40.1. The molecule has 0 saturated heterocycles. The fourth-order valence-electron chi connectivity index (χ4n) is 3.27. The molecule has 0 aliphatic heterocycles. The van der Waals surface area contributed by atoms with E-state index in [2.05, 4.69) is 26.0 Å². The number of amides is 1. The molecule has 0 aliphatic carbocycles. The number of ether oxygens (including phenoxy) is 2. The van der Waals surface area contributed by atoms with E-state index in [-0.39, 0.29) is 10.8 Å². The monoisotopic (exact) mass is 546 g/mol. The van der Waals surface area contributed by atoms with Gasteiger partial charge in [0.15, 0.2) is 6.10 Å². The number of nitrogens with one attached hydrogen (secondary N) is 2. The fraction of sp³-hybridized carbons (Fsp3) is 0.240. The van der Waals surface area contributed by atoms with Crippen molar-refractivity contribution in [3.05, 3.63) is 76.3 Å². The van der Waals surface area contributed by atoms with Crippen LogP contribution in [0.2, 0.25) is 0 Å². The summed E-state index contributed by atoms with van der Waals surface area (Å²) >= 11 is 3.45. The van der Waals surface area contributed by atoms with Crippen molar-refractivity contribution in [1.82, 2.24) is 0 Å². The lowest BCUT2D eigenvalue weighted by molar-refractivity contribution is -0.122. The molecular weight excluding hydrogens is 520 g/mol. The van der Waals surface area contributed by atoms with Crippen molar-refractivity contribution >= 4 is 43.2 Å². The third kappa shape index (κ3) is 6.51. The van der Waals surface area contributed by atoms with E-state index in [1.54, 1.807) is 31.2 Å². The van der Waals surface area contributed by atoms with Crippen LogP contribution in [0, 0.1) is 13.8 Å². The molecule has 7 nitrogen and oxygen atoms in total. The van der Waals surface area contributed by atoms with Crippen molar-refractivity contribution in [3.63, 3.8) is 0 Å². The molecule has 180 valence electrons. The van der Waals surface area contributed by atoms with E-state index in [0.29, 0.717) is 29.5 Å². The van der Waals surface area contributed by atoms with Crippen molar-refractivity contribution in [2.75, 3.05) is 16.6 Å². The van der Waals surface area contributed by atoms with Crippen LogP contribution in [-0.4, -0.2) is 27.0 Å². The zero-order valence-electron chi connectivity index (χ0n) is 19.4. The second kappa shape index (κ2) is 10.9. The van der Waals surface area contributed by atoms with Gasteiger partial charge in [0, 0.05) is 15.8 Å². The summed E-state index contributed by atoms with van der Waals surface area (Å²) in [5.41, 5.74) is 2.72. The molecular formula is C25H27BrN2O5S. The number of sulfonamides is 1. The molecule has 0 aliphatic rings. The summed E-state index contributed by atoms with van der Waals surface area (Å²) in [5.74, 6) is 0.978. The van der Waals surface area contributed by atoms with E-state index in [4.69, 9.17) is 9.47 Å². The Hall–Kier alpha value is -3.04. The van der Waals surface area contributed by atoms with Gasteiger partial charge >= 0.3 is 0 Å². The van der Waals surface area contributed by atoms with Gasteiger partial charge in [0.2, 0.25) is 0 Å². The molecule has 0 fully saturated rings. The summed E-state index contributed by atoms with van der Waals surface area (Å²) in [6.45, 7) is 7.90. The highest BCUT2D eigenvalue weighted by atomic mass is 79.9. The minimum atomic E-state index is -3.79. The molecule has 1 atom stereocenters. The Morgan fingerprint density at radius 2 is 1.53 bits per heavy atom. The molecule has 0 saturated carbocycles. The fourth-order valence-corrected chi connectivity index (χ4v) is 5.02. The molecule has 3 aromatic carbocycles. The van der Waals surface area contributed by atoms with Gasteiger partial charge in [0.1, 0.15) is 11.5 Å². The van der Waals surface area contributed by atoms with Crippen LogP contribution in [0.25, 0.3) is 0 Å². The van der Waals surface area contributed by atoms with Crippen LogP contribution in [0.1, 0.15) is 25.0 Å². The van der Waals surface area contributed by atoms with Gasteiger partial charge in [0.25, 0.3) is 15.9 Å². The number of aryl methyl sites for hydroxylation is 2. The molecule has 0 aromatic heterocycles. The molecule has 1 amide bonds. The number of anilines is 2. The van der Waals surface area contributed by atoms with E-state index in [0.717, 1.165) is 15.6 Å². The quantitative estimate of drug-likeness (QED) is 0.360. The largest absolute Gasteiger partial charge is 0.494 e. The molecule has 0 spiro atoms. The number of carbonyl (C=O) groups is 1. The molecule has 3 aromatic rings. The maximum Gasteiger partial charge on any atom is 0.265 e. The Bertz CT molecular complexity index is 1240. The van der Waals surface area contributed by atoms with Gasteiger partial charge in [-0.3, -0.25) is 9.52 Å². The van der Waals surface area contributed by atoms with Crippen LogP contribution >= 0.6 is 15.9 Å². The number of benzene rings is 3. The van der Waals surface area contributed by atoms with Crippen molar-refractivity contribution in [2.24, 2.45) is 0 Å². The summed E-state index contributed by atoms with van der Waals surface area (Å²) in [5, 5.41) is 2.76. The zero-order chi connectivity index (χ0) is 24.9. The normalized spacial score (nSPS) is 12.0. The predicted octanol–water partition coefficient (Wildman–Crippen LogP) is 5.67. The van der Waals surface area contributed by atoms with E-state index < -0.39 is 16.1 Å². The first kappa shape index (κ1) is 25.6. The van der Waals surface area contributed by atoms with E-state index in [1.165, 1.54) is 24.3 Å². The molecule has 0 heterocycles.